The maximum atomic E-state index is 11.4. The van der Waals surface area contributed by atoms with Gasteiger partial charge >= 0.3 is 6.09 Å². The molecule has 0 atom stereocenters. The van der Waals surface area contributed by atoms with Crippen LogP contribution in [0, 0.1) is 0 Å². The average molecular weight is 193 g/mol. The molecule has 14 heavy (non-hydrogen) atoms. The number of anilines is 1. The van der Waals surface area contributed by atoms with Gasteiger partial charge in [-0.3, -0.25) is 4.90 Å². The third-order valence-corrected chi connectivity index (χ3v) is 2.30. The van der Waals surface area contributed by atoms with Gasteiger partial charge in [-0.05, 0) is 18.1 Å². The summed E-state index contributed by atoms with van der Waals surface area (Å²) >= 11 is 0. The van der Waals surface area contributed by atoms with Gasteiger partial charge in [0.05, 0.1) is 5.69 Å². The van der Waals surface area contributed by atoms with Crippen molar-refractivity contribution in [1.29, 1.82) is 0 Å². The van der Waals surface area contributed by atoms with Crippen LogP contribution in [0.1, 0.15) is 5.56 Å². The summed E-state index contributed by atoms with van der Waals surface area (Å²) in [6.45, 7) is 0.0513. The van der Waals surface area contributed by atoms with Crippen molar-refractivity contribution in [2.75, 3.05) is 18.2 Å². The van der Waals surface area contributed by atoms with E-state index in [-0.39, 0.29) is 0 Å². The SMILES string of the molecule is O=C(OCO)N1CCc2ccccc21. The van der Waals surface area contributed by atoms with Crippen LogP contribution in [0.3, 0.4) is 0 Å². The van der Waals surface area contributed by atoms with Crippen molar-refractivity contribution in [2.45, 2.75) is 6.42 Å². The Hall–Kier alpha value is -1.55. The Morgan fingerprint density at radius 1 is 1.50 bits per heavy atom. The van der Waals surface area contributed by atoms with Gasteiger partial charge in [-0.2, -0.15) is 0 Å². The van der Waals surface area contributed by atoms with Crippen LogP contribution in [0.15, 0.2) is 24.3 Å². The first kappa shape index (κ1) is 9.02. The molecule has 0 fully saturated rings. The molecule has 0 aliphatic carbocycles. The Kier molecular flexibility index (Phi) is 2.37. The van der Waals surface area contributed by atoms with Gasteiger partial charge in [-0.15, -0.1) is 0 Å². The summed E-state index contributed by atoms with van der Waals surface area (Å²) in [6.07, 6.45) is 0.355. The second-order valence-corrected chi connectivity index (χ2v) is 3.07. The van der Waals surface area contributed by atoms with Crippen molar-refractivity contribution in [2.24, 2.45) is 0 Å². The van der Waals surface area contributed by atoms with Crippen LogP contribution in [0.2, 0.25) is 0 Å². The summed E-state index contributed by atoms with van der Waals surface area (Å²) < 4.78 is 4.53. The number of hydrogen-bond donors (Lipinski definition) is 1. The summed E-state index contributed by atoms with van der Waals surface area (Å²) in [4.78, 5) is 12.9. The Labute approximate surface area is 81.7 Å². The molecule has 4 nitrogen and oxygen atoms in total. The number of amides is 1. The zero-order valence-corrected chi connectivity index (χ0v) is 7.64. The number of aliphatic hydroxyl groups is 1. The van der Waals surface area contributed by atoms with Crippen LogP contribution in [0.25, 0.3) is 0 Å². The van der Waals surface area contributed by atoms with E-state index in [1.54, 1.807) is 0 Å². The minimum absolute atomic E-state index is 0.488. The number of ether oxygens (including phenoxy) is 1. The van der Waals surface area contributed by atoms with Crippen molar-refractivity contribution in [3.05, 3.63) is 29.8 Å². The van der Waals surface area contributed by atoms with E-state index in [1.807, 2.05) is 24.3 Å². The number of benzene rings is 1. The highest BCUT2D eigenvalue weighted by Crippen LogP contribution is 2.27. The maximum absolute atomic E-state index is 11.4. The Bertz CT molecular complexity index is 351. The Morgan fingerprint density at radius 2 is 2.29 bits per heavy atom. The summed E-state index contributed by atoms with van der Waals surface area (Å²) in [7, 11) is 0. The third-order valence-electron chi connectivity index (χ3n) is 2.30. The van der Waals surface area contributed by atoms with E-state index < -0.39 is 12.9 Å². The minimum Gasteiger partial charge on any atom is -0.422 e. The van der Waals surface area contributed by atoms with Crippen molar-refractivity contribution < 1.29 is 14.6 Å². The van der Waals surface area contributed by atoms with Crippen molar-refractivity contribution in [3.63, 3.8) is 0 Å². The molecule has 1 aliphatic heterocycles. The van der Waals surface area contributed by atoms with Gasteiger partial charge < -0.3 is 9.84 Å². The maximum Gasteiger partial charge on any atom is 0.416 e. The van der Waals surface area contributed by atoms with E-state index in [9.17, 15) is 4.79 Å². The number of fused-ring (bicyclic) bond motifs is 1. The molecule has 4 heteroatoms. The highest BCUT2D eigenvalue weighted by Gasteiger charge is 2.24. The topological polar surface area (TPSA) is 49.8 Å². The predicted molar refractivity (Wildman–Crippen MR) is 51.1 cm³/mol. The van der Waals surface area contributed by atoms with E-state index in [1.165, 1.54) is 4.90 Å². The smallest absolute Gasteiger partial charge is 0.416 e. The molecule has 0 radical (unpaired) electrons. The number of carbonyl (C=O) groups is 1. The molecule has 1 heterocycles. The Balaban J connectivity index is 2.21. The average Bonchev–Trinajstić information content (AvgIpc) is 2.61. The molecule has 0 saturated heterocycles. The number of rotatable bonds is 1. The second-order valence-electron chi connectivity index (χ2n) is 3.07. The van der Waals surface area contributed by atoms with E-state index in [0.717, 1.165) is 17.7 Å². The third kappa shape index (κ3) is 1.44. The lowest BCUT2D eigenvalue weighted by Crippen LogP contribution is -2.29. The zero-order valence-electron chi connectivity index (χ0n) is 7.64. The van der Waals surface area contributed by atoms with Gasteiger partial charge in [-0.1, -0.05) is 18.2 Å². The number of nitrogens with zero attached hydrogens (tertiary/aromatic N) is 1. The highest BCUT2D eigenvalue weighted by atomic mass is 16.6. The van der Waals surface area contributed by atoms with Crippen LogP contribution in [0.5, 0.6) is 0 Å². The van der Waals surface area contributed by atoms with Crippen molar-refractivity contribution in [1.82, 2.24) is 0 Å². The second kappa shape index (κ2) is 3.67. The molecular formula is C10H11NO3. The lowest BCUT2D eigenvalue weighted by Gasteiger charge is -2.15. The van der Waals surface area contributed by atoms with Gasteiger partial charge in [0.2, 0.25) is 0 Å². The zero-order chi connectivity index (χ0) is 9.97. The van der Waals surface area contributed by atoms with Crippen LogP contribution >= 0.6 is 0 Å². The van der Waals surface area contributed by atoms with Crippen molar-refractivity contribution >= 4 is 11.8 Å². The highest BCUT2D eigenvalue weighted by molar-refractivity contribution is 5.90. The van der Waals surface area contributed by atoms with E-state index in [0.29, 0.717) is 6.54 Å². The lowest BCUT2D eigenvalue weighted by molar-refractivity contribution is 0.0488. The molecule has 1 aliphatic rings. The van der Waals surface area contributed by atoms with Gasteiger partial charge in [-0.25, -0.2) is 4.79 Å². The summed E-state index contributed by atoms with van der Waals surface area (Å²) in [6, 6.07) is 7.69. The molecule has 1 aromatic rings. The van der Waals surface area contributed by atoms with E-state index >= 15 is 0 Å². The fraction of sp³-hybridized carbons (Fsp3) is 0.300. The largest absolute Gasteiger partial charge is 0.422 e. The molecule has 2 rings (SSSR count). The van der Waals surface area contributed by atoms with E-state index in [4.69, 9.17) is 5.11 Å². The first-order valence-corrected chi connectivity index (χ1v) is 4.46. The summed E-state index contributed by atoms with van der Waals surface area (Å²) in [5.41, 5.74) is 2.02. The molecule has 0 unspecified atom stereocenters. The number of aliphatic hydroxyl groups excluding tert-OH is 1. The summed E-state index contributed by atoms with van der Waals surface area (Å²) in [5.74, 6) is 0. The molecule has 1 N–H and O–H groups in total. The molecule has 0 saturated carbocycles. The quantitative estimate of drug-likeness (QED) is 0.680. The van der Waals surface area contributed by atoms with Gasteiger partial charge in [0.15, 0.2) is 6.79 Å². The molecule has 1 amide bonds. The first-order valence-electron chi connectivity index (χ1n) is 4.46. The van der Waals surface area contributed by atoms with Crippen LogP contribution in [0.4, 0.5) is 10.5 Å². The molecule has 1 aromatic carbocycles. The molecule has 0 bridgehead atoms. The molecular weight excluding hydrogens is 182 g/mol. The lowest BCUT2D eigenvalue weighted by atomic mass is 10.2. The standard InChI is InChI=1S/C10H11NO3/c12-7-14-10(13)11-6-5-8-3-1-2-4-9(8)11/h1-4,12H,5-7H2. The molecule has 0 aromatic heterocycles. The summed E-state index contributed by atoms with van der Waals surface area (Å²) in [5, 5.41) is 8.48. The monoisotopic (exact) mass is 193 g/mol. The molecule has 0 spiro atoms. The van der Waals surface area contributed by atoms with Gasteiger partial charge in [0.25, 0.3) is 0 Å². The molecule has 74 valence electrons. The van der Waals surface area contributed by atoms with Crippen molar-refractivity contribution in [3.8, 4) is 0 Å². The van der Waals surface area contributed by atoms with Gasteiger partial charge in [0, 0.05) is 6.54 Å². The number of para-hydroxylation sites is 1. The fourth-order valence-corrected chi connectivity index (χ4v) is 1.66. The normalized spacial score (nSPS) is 13.9. The van der Waals surface area contributed by atoms with Gasteiger partial charge in [0.1, 0.15) is 0 Å². The van der Waals surface area contributed by atoms with Crippen LogP contribution < -0.4 is 4.90 Å². The number of hydrogen-bond acceptors (Lipinski definition) is 3. The minimum atomic E-state index is -0.572. The van der Waals surface area contributed by atoms with Crippen LogP contribution in [-0.4, -0.2) is 24.5 Å². The Morgan fingerprint density at radius 3 is 3.07 bits per heavy atom. The van der Waals surface area contributed by atoms with E-state index in [2.05, 4.69) is 4.74 Å². The van der Waals surface area contributed by atoms with Crippen LogP contribution in [-0.2, 0) is 11.2 Å². The number of carbonyl (C=O) groups excluding carboxylic acids is 1. The first-order chi connectivity index (χ1) is 6.83. The fourth-order valence-electron chi connectivity index (χ4n) is 1.66. The predicted octanol–water partition coefficient (Wildman–Crippen LogP) is 1.14.